The van der Waals surface area contributed by atoms with Crippen molar-refractivity contribution in [3.05, 3.63) is 34.3 Å². The first-order valence-corrected chi connectivity index (χ1v) is 10.5. The van der Waals surface area contributed by atoms with Crippen LogP contribution in [-0.4, -0.2) is 62.6 Å². The Labute approximate surface area is 172 Å². The summed E-state index contributed by atoms with van der Waals surface area (Å²) in [6.45, 7) is 11.1. The van der Waals surface area contributed by atoms with E-state index in [1.165, 1.54) is 0 Å². The Kier molecular flexibility index (Phi) is 11.8. The number of benzene rings is 1. The topological polar surface area (TPSA) is 68.8 Å². The molecule has 0 radical (unpaired) electrons. The molecule has 1 rings (SSSR count). The number of nitrogens with zero attached hydrogens (tertiary/aromatic N) is 2. The van der Waals surface area contributed by atoms with Gasteiger partial charge in [-0.15, -0.1) is 0 Å². The van der Waals surface area contributed by atoms with E-state index in [0.29, 0.717) is 24.7 Å². The highest BCUT2D eigenvalue weighted by atomic mass is 79.9. The molecule has 0 aromatic heterocycles. The van der Waals surface area contributed by atoms with E-state index in [1.807, 2.05) is 18.2 Å². The Morgan fingerprint density at radius 3 is 2.56 bits per heavy atom. The van der Waals surface area contributed by atoms with E-state index in [4.69, 9.17) is 0 Å². The molecule has 1 atom stereocenters. The van der Waals surface area contributed by atoms with Gasteiger partial charge < -0.3 is 20.9 Å². The minimum atomic E-state index is -0.0779. The average molecular weight is 440 g/mol. The van der Waals surface area contributed by atoms with E-state index in [1.54, 1.807) is 13.1 Å². The van der Waals surface area contributed by atoms with E-state index < -0.39 is 0 Å². The van der Waals surface area contributed by atoms with Crippen LogP contribution in [0.5, 0.6) is 0 Å². The lowest BCUT2D eigenvalue weighted by molar-refractivity contribution is 0.0954. The summed E-state index contributed by atoms with van der Waals surface area (Å²) < 4.78 is 0.896. The highest BCUT2D eigenvalue weighted by Crippen LogP contribution is 2.11. The van der Waals surface area contributed by atoms with Crippen LogP contribution in [0.2, 0.25) is 0 Å². The normalized spacial score (nSPS) is 12.7. The maximum Gasteiger partial charge on any atom is 0.251 e. The number of guanidine groups is 1. The van der Waals surface area contributed by atoms with Gasteiger partial charge in [0.05, 0.1) is 0 Å². The third-order valence-corrected chi connectivity index (χ3v) is 4.90. The van der Waals surface area contributed by atoms with Crippen molar-refractivity contribution < 1.29 is 4.79 Å². The van der Waals surface area contributed by atoms with Gasteiger partial charge in [-0.2, -0.15) is 0 Å². The molecule has 1 aromatic rings. The Morgan fingerprint density at radius 1 is 1.22 bits per heavy atom. The zero-order valence-corrected chi connectivity index (χ0v) is 18.6. The van der Waals surface area contributed by atoms with Crippen LogP contribution in [0.25, 0.3) is 0 Å². The van der Waals surface area contributed by atoms with Crippen LogP contribution in [0, 0.1) is 0 Å². The third-order valence-electron chi connectivity index (χ3n) is 4.40. The Balaban J connectivity index is 2.24. The molecule has 0 aliphatic carbocycles. The summed E-state index contributed by atoms with van der Waals surface area (Å²) >= 11 is 3.38. The van der Waals surface area contributed by atoms with Gasteiger partial charge in [0.15, 0.2) is 5.96 Å². The molecule has 0 spiro atoms. The molecule has 0 aliphatic heterocycles. The van der Waals surface area contributed by atoms with Gasteiger partial charge in [0.2, 0.25) is 0 Å². The van der Waals surface area contributed by atoms with Gasteiger partial charge in [-0.25, -0.2) is 0 Å². The zero-order valence-electron chi connectivity index (χ0n) is 17.0. The van der Waals surface area contributed by atoms with Gasteiger partial charge in [-0.3, -0.25) is 9.79 Å². The first-order chi connectivity index (χ1) is 13.0. The van der Waals surface area contributed by atoms with Crippen LogP contribution in [0.1, 0.15) is 44.0 Å². The molecule has 1 amide bonds. The average Bonchev–Trinajstić information content (AvgIpc) is 2.67. The molecule has 152 valence electrons. The number of amides is 1. The van der Waals surface area contributed by atoms with Crippen molar-refractivity contribution in [3.8, 4) is 0 Å². The highest BCUT2D eigenvalue weighted by molar-refractivity contribution is 9.10. The largest absolute Gasteiger partial charge is 0.355 e. The van der Waals surface area contributed by atoms with Crippen molar-refractivity contribution in [1.82, 2.24) is 20.9 Å². The van der Waals surface area contributed by atoms with Gasteiger partial charge in [0.25, 0.3) is 5.91 Å². The number of aliphatic imine (C=N–C) groups is 1. The van der Waals surface area contributed by atoms with Crippen molar-refractivity contribution in [2.75, 3.05) is 39.8 Å². The number of carbonyl (C=O) groups excluding carboxylic acids is 1. The Morgan fingerprint density at radius 2 is 1.93 bits per heavy atom. The second-order valence-corrected chi connectivity index (χ2v) is 7.40. The molecule has 0 heterocycles. The van der Waals surface area contributed by atoms with Crippen molar-refractivity contribution >= 4 is 27.8 Å². The van der Waals surface area contributed by atoms with Crippen LogP contribution >= 0.6 is 15.9 Å². The third kappa shape index (κ3) is 9.77. The summed E-state index contributed by atoms with van der Waals surface area (Å²) in [7, 11) is 1.76. The van der Waals surface area contributed by atoms with Gasteiger partial charge in [0.1, 0.15) is 0 Å². The highest BCUT2D eigenvalue weighted by Gasteiger charge is 2.07. The van der Waals surface area contributed by atoms with Gasteiger partial charge in [0, 0.05) is 36.2 Å². The molecule has 3 N–H and O–H groups in total. The van der Waals surface area contributed by atoms with Crippen LogP contribution < -0.4 is 16.0 Å². The number of rotatable bonds is 11. The minimum absolute atomic E-state index is 0.0779. The summed E-state index contributed by atoms with van der Waals surface area (Å²) in [5.74, 6) is 0.688. The van der Waals surface area contributed by atoms with Gasteiger partial charge in [-0.1, -0.05) is 35.8 Å². The standard InChI is InChI=1S/C20H34BrN5O/c1-5-26(6-2)14-8-9-16(3)25-20(22-4)24-13-12-23-19(27)17-10-7-11-18(21)15-17/h7,10-11,15-16H,5-6,8-9,12-14H2,1-4H3,(H,23,27)(H2,22,24,25). The lowest BCUT2D eigenvalue weighted by atomic mass is 10.2. The van der Waals surface area contributed by atoms with Crippen molar-refractivity contribution in [2.24, 2.45) is 4.99 Å². The van der Waals surface area contributed by atoms with Crippen LogP contribution in [0.4, 0.5) is 0 Å². The van der Waals surface area contributed by atoms with E-state index in [-0.39, 0.29) is 5.91 Å². The maximum absolute atomic E-state index is 12.1. The SMILES string of the molecule is CCN(CC)CCCC(C)NC(=NC)NCCNC(=O)c1cccc(Br)c1. The molecule has 0 fully saturated rings. The summed E-state index contributed by atoms with van der Waals surface area (Å²) in [4.78, 5) is 18.8. The predicted octanol–water partition coefficient (Wildman–Crippen LogP) is 2.85. The number of hydrogen-bond donors (Lipinski definition) is 3. The molecule has 7 heteroatoms. The molecule has 27 heavy (non-hydrogen) atoms. The number of hydrogen-bond acceptors (Lipinski definition) is 3. The quantitative estimate of drug-likeness (QED) is 0.281. The predicted molar refractivity (Wildman–Crippen MR) is 117 cm³/mol. The Hall–Kier alpha value is -1.60. The first-order valence-electron chi connectivity index (χ1n) is 9.73. The van der Waals surface area contributed by atoms with E-state index in [2.05, 4.69) is 62.5 Å². The summed E-state index contributed by atoms with van der Waals surface area (Å²) in [6, 6.07) is 7.71. The fourth-order valence-corrected chi connectivity index (χ4v) is 3.15. The summed E-state index contributed by atoms with van der Waals surface area (Å²) in [5, 5.41) is 9.56. The number of halogens is 1. The lowest BCUT2D eigenvalue weighted by Crippen LogP contribution is -2.45. The van der Waals surface area contributed by atoms with Crippen molar-refractivity contribution in [1.29, 1.82) is 0 Å². The molecular weight excluding hydrogens is 406 g/mol. The Bertz CT molecular complexity index is 589. The molecule has 0 aliphatic rings. The van der Waals surface area contributed by atoms with E-state index in [0.717, 1.165) is 42.9 Å². The van der Waals surface area contributed by atoms with Crippen LogP contribution in [0.3, 0.4) is 0 Å². The molecule has 1 aromatic carbocycles. The molecular formula is C20H34BrN5O. The van der Waals surface area contributed by atoms with Crippen LogP contribution in [0.15, 0.2) is 33.7 Å². The fraction of sp³-hybridized carbons (Fsp3) is 0.600. The zero-order chi connectivity index (χ0) is 20.1. The van der Waals surface area contributed by atoms with E-state index in [9.17, 15) is 4.79 Å². The minimum Gasteiger partial charge on any atom is -0.355 e. The fourth-order valence-electron chi connectivity index (χ4n) is 2.75. The summed E-state index contributed by atoms with van der Waals surface area (Å²) in [6.07, 6.45) is 2.26. The molecule has 0 saturated heterocycles. The van der Waals surface area contributed by atoms with Crippen molar-refractivity contribution in [2.45, 2.75) is 39.7 Å². The smallest absolute Gasteiger partial charge is 0.251 e. The molecule has 6 nitrogen and oxygen atoms in total. The lowest BCUT2D eigenvalue weighted by Gasteiger charge is -2.21. The van der Waals surface area contributed by atoms with Gasteiger partial charge >= 0.3 is 0 Å². The van der Waals surface area contributed by atoms with Gasteiger partial charge in [-0.05, 0) is 57.6 Å². The first kappa shape index (κ1) is 23.4. The number of carbonyl (C=O) groups is 1. The van der Waals surface area contributed by atoms with Crippen molar-refractivity contribution in [3.63, 3.8) is 0 Å². The maximum atomic E-state index is 12.1. The summed E-state index contributed by atoms with van der Waals surface area (Å²) in [5.41, 5.74) is 0.647. The monoisotopic (exact) mass is 439 g/mol. The second-order valence-electron chi connectivity index (χ2n) is 6.48. The second kappa shape index (κ2) is 13.6. The van der Waals surface area contributed by atoms with Crippen LogP contribution in [-0.2, 0) is 0 Å². The van der Waals surface area contributed by atoms with E-state index >= 15 is 0 Å². The molecule has 1 unspecified atom stereocenters. The molecule has 0 bridgehead atoms. The number of nitrogens with one attached hydrogen (secondary N) is 3. The molecule has 0 saturated carbocycles.